The van der Waals surface area contributed by atoms with Gasteiger partial charge in [0.2, 0.25) is 17.7 Å². The molecule has 77 heavy (non-hydrogen) atoms. The number of hydrogen-bond donors (Lipinski definition) is 3. The summed E-state index contributed by atoms with van der Waals surface area (Å²) in [4.78, 5) is 94.4. The number of benzene rings is 1. The summed E-state index contributed by atoms with van der Waals surface area (Å²) < 4.78 is 20.8. The molecule has 406 valence electrons. The van der Waals surface area contributed by atoms with Crippen LogP contribution in [0.25, 0.3) is 11.1 Å². The molecule has 2 fully saturated rings. The molecule has 8 heterocycles. The fourth-order valence-corrected chi connectivity index (χ4v) is 11.6. The fraction of sp³-hybridized carbons (Fsp3) is 0.474. The standard InChI is InChI=1S/C57H68N10O10/c1-36-32-63(51(70)15-22-76-24-26-77-25-23-75-21-6-8-37-7-5-9-42-43(37)34-67(54(42)72)46-11-13-50(69)61-53(46)71)17-18-64(36)40-10-12-49(59-31-40)60-45-27-39(33-62(4)55(45)73)41-14-16-58-52(44(41)35-68)66-20-19-65-47(56(66)74)28-38-29-57(2,3)30-48(38)65/h5,7,9-10,12,14,16,27-28,31,33,36,46,68H,6,8,11,13,15,17-26,29-30,32,34-35H2,1-4H3,(H,59,60)(H,61,69,71)/t36-,46?/m0/s1. The number of ether oxygens (including phenoxy) is 3. The summed E-state index contributed by atoms with van der Waals surface area (Å²) in [6.07, 6.45) is 9.27. The highest BCUT2D eigenvalue weighted by Crippen LogP contribution is 2.40. The minimum atomic E-state index is -0.638. The maximum absolute atomic E-state index is 14.0. The lowest BCUT2D eigenvalue weighted by atomic mass is 9.90. The number of nitrogens with one attached hydrogen (secondary N) is 2. The number of pyridine rings is 3. The van der Waals surface area contributed by atoms with Gasteiger partial charge in [0.25, 0.3) is 17.4 Å². The normalized spacial score (nSPS) is 18.9. The van der Waals surface area contributed by atoms with Crippen molar-refractivity contribution < 1.29 is 43.3 Å². The number of imide groups is 1. The van der Waals surface area contributed by atoms with Crippen molar-refractivity contribution in [1.82, 2.24) is 34.2 Å². The Hall–Kier alpha value is -7.26. The van der Waals surface area contributed by atoms with Gasteiger partial charge in [0, 0.05) is 100 Å². The first-order chi connectivity index (χ1) is 37.2. The first-order valence-corrected chi connectivity index (χ1v) is 26.8. The number of aliphatic hydroxyl groups excluding tert-OH is 1. The van der Waals surface area contributed by atoms with E-state index in [1.54, 1.807) is 53.6 Å². The first-order valence-electron chi connectivity index (χ1n) is 26.8. The summed E-state index contributed by atoms with van der Waals surface area (Å²) in [6, 6.07) is 14.4. The summed E-state index contributed by atoms with van der Waals surface area (Å²) in [5, 5.41) is 16.3. The number of piperazine rings is 1. The molecule has 5 aromatic rings. The van der Waals surface area contributed by atoms with E-state index in [0.29, 0.717) is 131 Å². The van der Waals surface area contributed by atoms with Gasteiger partial charge in [0.1, 0.15) is 29.1 Å². The maximum atomic E-state index is 14.0. The number of carbonyl (C=O) groups excluding carboxylic acids is 5. The number of carbonyl (C=O) groups is 5. The fourth-order valence-electron chi connectivity index (χ4n) is 11.6. The third-order valence-corrected chi connectivity index (χ3v) is 15.5. The average Bonchev–Trinajstić information content (AvgIpc) is 4.16. The second-order valence-corrected chi connectivity index (χ2v) is 21.4. The Bertz CT molecular complexity index is 3130. The van der Waals surface area contributed by atoms with E-state index in [0.717, 1.165) is 42.5 Å². The lowest BCUT2D eigenvalue weighted by Gasteiger charge is -2.41. The molecule has 10 rings (SSSR count). The molecule has 1 aromatic carbocycles. The Morgan fingerprint density at radius 3 is 2.42 bits per heavy atom. The third-order valence-electron chi connectivity index (χ3n) is 15.5. The van der Waals surface area contributed by atoms with Gasteiger partial charge in [-0.05, 0) is 103 Å². The van der Waals surface area contributed by atoms with E-state index in [2.05, 4.69) is 50.8 Å². The lowest BCUT2D eigenvalue weighted by Crippen LogP contribution is -2.54. The van der Waals surface area contributed by atoms with Crippen LogP contribution in [0.5, 0.6) is 0 Å². The van der Waals surface area contributed by atoms with Gasteiger partial charge in [-0.2, -0.15) is 0 Å². The highest BCUT2D eigenvalue weighted by atomic mass is 16.5. The number of nitrogens with zero attached hydrogens (tertiary/aromatic N) is 8. The molecular formula is C57H68N10O10. The van der Waals surface area contributed by atoms with Crippen molar-refractivity contribution in [2.24, 2.45) is 12.5 Å². The molecule has 4 aliphatic heterocycles. The number of hydrogen-bond acceptors (Lipinski definition) is 14. The van der Waals surface area contributed by atoms with Gasteiger partial charge in [0.05, 0.1) is 57.9 Å². The summed E-state index contributed by atoms with van der Waals surface area (Å²) in [7, 11) is 1.67. The highest BCUT2D eigenvalue weighted by molar-refractivity contribution is 6.07. The van der Waals surface area contributed by atoms with Crippen molar-refractivity contribution >= 4 is 52.5 Å². The van der Waals surface area contributed by atoms with Crippen LogP contribution < -0.4 is 26.0 Å². The Morgan fingerprint density at radius 1 is 0.870 bits per heavy atom. The van der Waals surface area contributed by atoms with Gasteiger partial charge in [-0.15, -0.1) is 0 Å². The number of amides is 5. The number of piperidine rings is 1. The van der Waals surface area contributed by atoms with E-state index in [-0.39, 0.29) is 60.1 Å². The molecule has 0 bridgehead atoms. The summed E-state index contributed by atoms with van der Waals surface area (Å²) >= 11 is 0. The van der Waals surface area contributed by atoms with Crippen LogP contribution in [0.3, 0.4) is 0 Å². The predicted molar refractivity (Wildman–Crippen MR) is 287 cm³/mol. The zero-order valence-corrected chi connectivity index (χ0v) is 44.3. The molecule has 1 unspecified atom stereocenters. The van der Waals surface area contributed by atoms with Gasteiger partial charge >= 0.3 is 0 Å². The zero-order chi connectivity index (χ0) is 54.0. The molecule has 0 radical (unpaired) electrons. The van der Waals surface area contributed by atoms with Gasteiger partial charge in [-0.1, -0.05) is 26.0 Å². The van der Waals surface area contributed by atoms with Gasteiger partial charge < -0.3 is 48.5 Å². The first kappa shape index (κ1) is 53.2. The Morgan fingerprint density at radius 2 is 1.66 bits per heavy atom. The summed E-state index contributed by atoms with van der Waals surface area (Å²) in [5.74, 6) is -0.137. The molecule has 3 N–H and O–H groups in total. The van der Waals surface area contributed by atoms with E-state index >= 15 is 0 Å². The van der Waals surface area contributed by atoms with Gasteiger partial charge in [-0.25, -0.2) is 9.97 Å². The number of aliphatic hydroxyl groups is 1. The SMILES string of the molecule is C[C@H]1CN(C(=O)CCOCCOCCOCCCc2cccc3c2CN(C2CCC(=O)NC2=O)C3=O)CCN1c1ccc(Nc2cc(-c3ccnc(N4CCn5c(cc6c5CC(C)(C)C6)C4=O)c3CO)cn(C)c2=O)nc1. The van der Waals surface area contributed by atoms with Gasteiger partial charge in [-0.3, -0.25) is 39.0 Å². The quantitative estimate of drug-likeness (QED) is 0.0720. The number of aromatic nitrogens is 4. The lowest BCUT2D eigenvalue weighted by molar-refractivity contribution is -0.137. The number of fused-ring (bicyclic) bond motifs is 4. The molecule has 0 spiro atoms. The van der Waals surface area contributed by atoms with Crippen LogP contribution in [0.15, 0.2) is 71.9 Å². The Balaban J connectivity index is 0.632. The Labute approximate surface area is 447 Å². The van der Waals surface area contributed by atoms with Crippen LogP contribution in [0.1, 0.15) is 95.2 Å². The second kappa shape index (κ2) is 22.8. The van der Waals surface area contributed by atoms with Crippen LogP contribution >= 0.6 is 0 Å². The van der Waals surface area contributed by atoms with Crippen LogP contribution in [-0.2, 0) is 74.6 Å². The Kier molecular flexibility index (Phi) is 15.7. The van der Waals surface area contributed by atoms with Crippen LogP contribution in [0.4, 0.5) is 23.0 Å². The number of anilines is 4. The van der Waals surface area contributed by atoms with E-state index in [1.807, 2.05) is 35.2 Å². The van der Waals surface area contributed by atoms with E-state index in [4.69, 9.17) is 14.2 Å². The van der Waals surface area contributed by atoms with Crippen molar-refractivity contribution in [2.75, 3.05) is 80.9 Å². The third kappa shape index (κ3) is 11.3. The van der Waals surface area contributed by atoms with E-state index < -0.39 is 11.9 Å². The maximum Gasteiger partial charge on any atom is 0.276 e. The smallest absolute Gasteiger partial charge is 0.276 e. The van der Waals surface area contributed by atoms with Crippen molar-refractivity contribution in [3.05, 3.63) is 117 Å². The number of rotatable bonds is 20. The molecular weight excluding hydrogens is 985 g/mol. The highest BCUT2D eigenvalue weighted by Gasteiger charge is 2.41. The van der Waals surface area contributed by atoms with Crippen LogP contribution in [0, 0.1) is 5.41 Å². The molecule has 20 heteroatoms. The predicted octanol–water partition coefficient (Wildman–Crippen LogP) is 4.54. The topological polar surface area (TPSA) is 223 Å². The van der Waals surface area contributed by atoms with Crippen molar-refractivity contribution in [1.29, 1.82) is 0 Å². The van der Waals surface area contributed by atoms with E-state index in [9.17, 15) is 33.9 Å². The molecule has 4 aromatic heterocycles. The molecule has 0 saturated carbocycles. The minimum absolute atomic E-state index is 0.0289. The van der Waals surface area contributed by atoms with E-state index in [1.165, 1.54) is 15.8 Å². The summed E-state index contributed by atoms with van der Waals surface area (Å²) in [6.45, 7) is 11.8. The van der Waals surface area contributed by atoms with Gasteiger partial charge in [0.15, 0.2) is 0 Å². The average molecular weight is 1050 g/mol. The summed E-state index contributed by atoms with van der Waals surface area (Å²) in [5.41, 5.74) is 8.62. The minimum Gasteiger partial charge on any atom is -0.392 e. The second-order valence-electron chi connectivity index (χ2n) is 21.4. The largest absolute Gasteiger partial charge is 0.392 e. The van der Waals surface area contributed by atoms with Crippen LogP contribution in [-0.4, -0.2) is 141 Å². The monoisotopic (exact) mass is 1050 g/mol. The molecule has 1 aliphatic carbocycles. The molecule has 20 nitrogen and oxygen atoms in total. The molecule has 5 amide bonds. The van der Waals surface area contributed by atoms with Crippen molar-refractivity contribution in [3.63, 3.8) is 0 Å². The molecule has 5 aliphatic rings. The number of aryl methyl sites for hydroxylation is 2. The molecule has 2 atom stereocenters. The van der Waals surface area contributed by atoms with Crippen molar-refractivity contribution in [2.45, 2.75) is 97.5 Å². The zero-order valence-electron chi connectivity index (χ0n) is 44.3. The van der Waals surface area contributed by atoms with Crippen molar-refractivity contribution in [3.8, 4) is 11.1 Å². The molecule has 2 saturated heterocycles. The van der Waals surface area contributed by atoms with Crippen LogP contribution in [0.2, 0.25) is 0 Å².